The summed E-state index contributed by atoms with van der Waals surface area (Å²) in [4.78, 5) is 0. The highest BCUT2D eigenvalue weighted by molar-refractivity contribution is 5.65. The van der Waals surface area contributed by atoms with E-state index in [1.165, 1.54) is 0 Å². The molecule has 0 aliphatic heterocycles. The summed E-state index contributed by atoms with van der Waals surface area (Å²) in [6.07, 6.45) is 1.96. The Balaban J connectivity index is 2.41. The lowest BCUT2D eigenvalue weighted by Crippen LogP contribution is -1.97. The van der Waals surface area contributed by atoms with Gasteiger partial charge in [-0.25, -0.2) is 0 Å². The van der Waals surface area contributed by atoms with E-state index in [0.717, 1.165) is 28.1 Å². The first-order valence-electron chi connectivity index (χ1n) is 6.12. The molecule has 0 saturated carbocycles. The molecule has 0 radical (unpaired) electrons. The van der Waals surface area contributed by atoms with Crippen molar-refractivity contribution in [3.8, 4) is 17.0 Å². The number of benzene rings is 1. The van der Waals surface area contributed by atoms with Gasteiger partial charge < -0.3 is 10.5 Å². The van der Waals surface area contributed by atoms with Gasteiger partial charge in [-0.15, -0.1) is 0 Å². The lowest BCUT2D eigenvalue weighted by Gasteiger charge is -2.08. The van der Waals surface area contributed by atoms with Gasteiger partial charge in [0.15, 0.2) is 0 Å². The summed E-state index contributed by atoms with van der Waals surface area (Å²) in [7, 11) is 1.91. The lowest BCUT2D eigenvalue weighted by atomic mass is 10.1. The summed E-state index contributed by atoms with van der Waals surface area (Å²) >= 11 is 0. The zero-order chi connectivity index (χ0) is 13.1. The molecule has 4 nitrogen and oxygen atoms in total. The van der Waals surface area contributed by atoms with Crippen LogP contribution in [0.25, 0.3) is 11.3 Å². The summed E-state index contributed by atoms with van der Waals surface area (Å²) in [5.74, 6) is 0.923. The van der Waals surface area contributed by atoms with Crippen molar-refractivity contribution in [1.82, 2.24) is 9.78 Å². The van der Waals surface area contributed by atoms with Crippen LogP contribution in [0.4, 0.5) is 0 Å². The van der Waals surface area contributed by atoms with E-state index in [2.05, 4.69) is 11.2 Å². The van der Waals surface area contributed by atoms with Crippen molar-refractivity contribution in [3.05, 3.63) is 35.5 Å². The molecule has 1 aromatic carbocycles. The molecular formula is C14H19N3O. The fraction of sp³-hybridized carbons (Fsp3) is 0.357. The number of nitrogens with zero attached hydrogens (tertiary/aromatic N) is 2. The van der Waals surface area contributed by atoms with Crippen molar-refractivity contribution >= 4 is 0 Å². The van der Waals surface area contributed by atoms with Gasteiger partial charge in [0.2, 0.25) is 0 Å². The van der Waals surface area contributed by atoms with Crippen molar-refractivity contribution in [3.63, 3.8) is 0 Å². The average molecular weight is 245 g/mol. The van der Waals surface area contributed by atoms with Gasteiger partial charge in [0, 0.05) is 30.9 Å². The van der Waals surface area contributed by atoms with Crippen LogP contribution in [0.3, 0.4) is 0 Å². The summed E-state index contributed by atoms with van der Waals surface area (Å²) in [5, 5.41) is 4.46. The molecule has 2 rings (SSSR count). The number of ether oxygens (including phenoxy) is 1. The smallest absolute Gasteiger partial charge is 0.122 e. The Morgan fingerprint density at radius 2 is 2.17 bits per heavy atom. The van der Waals surface area contributed by atoms with Crippen LogP contribution in [0.5, 0.6) is 5.75 Å². The largest absolute Gasteiger partial charge is 0.494 e. The van der Waals surface area contributed by atoms with Crippen molar-refractivity contribution in [1.29, 1.82) is 0 Å². The predicted octanol–water partition coefficient (Wildman–Crippen LogP) is 2.25. The van der Waals surface area contributed by atoms with Crippen LogP contribution < -0.4 is 10.5 Å². The second-order valence-electron chi connectivity index (χ2n) is 4.29. The SMILES string of the molecule is CCOc1ccc(-c2nn(C)cc2CN)cc1C. The molecule has 96 valence electrons. The molecule has 0 aliphatic carbocycles. The van der Waals surface area contributed by atoms with Gasteiger partial charge in [-0.3, -0.25) is 4.68 Å². The van der Waals surface area contributed by atoms with Crippen LogP contribution in [0.2, 0.25) is 0 Å². The molecule has 0 fully saturated rings. The van der Waals surface area contributed by atoms with Crippen molar-refractivity contribution in [2.24, 2.45) is 12.8 Å². The van der Waals surface area contributed by atoms with Gasteiger partial charge in [-0.1, -0.05) is 0 Å². The highest BCUT2D eigenvalue weighted by Crippen LogP contribution is 2.27. The van der Waals surface area contributed by atoms with Gasteiger partial charge in [-0.05, 0) is 37.6 Å². The monoisotopic (exact) mass is 245 g/mol. The Morgan fingerprint density at radius 3 is 2.78 bits per heavy atom. The molecule has 0 bridgehead atoms. The molecule has 0 unspecified atom stereocenters. The number of hydrogen-bond donors (Lipinski definition) is 1. The Bertz CT molecular complexity index is 546. The number of hydrogen-bond acceptors (Lipinski definition) is 3. The van der Waals surface area contributed by atoms with Gasteiger partial charge in [0.1, 0.15) is 5.75 Å². The van der Waals surface area contributed by atoms with Crippen molar-refractivity contribution < 1.29 is 4.74 Å². The van der Waals surface area contributed by atoms with E-state index in [-0.39, 0.29) is 0 Å². The number of nitrogens with two attached hydrogens (primary N) is 1. The highest BCUT2D eigenvalue weighted by Gasteiger charge is 2.10. The van der Waals surface area contributed by atoms with Gasteiger partial charge in [0.25, 0.3) is 0 Å². The van der Waals surface area contributed by atoms with E-state index in [9.17, 15) is 0 Å². The van der Waals surface area contributed by atoms with Crippen LogP contribution in [0.15, 0.2) is 24.4 Å². The van der Waals surface area contributed by atoms with Crippen LogP contribution in [0.1, 0.15) is 18.1 Å². The normalized spacial score (nSPS) is 10.7. The van der Waals surface area contributed by atoms with Crippen molar-refractivity contribution in [2.75, 3.05) is 6.61 Å². The maximum absolute atomic E-state index is 5.74. The maximum Gasteiger partial charge on any atom is 0.122 e. The Kier molecular flexibility index (Phi) is 3.67. The van der Waals surface area contributed by atoms with Crippen LogP contribution in [-0.2, 0) is 13.6 Å². The Hall–Kier alpha value is -1.81. The Labute approximate surface area is 107 Å². The van der Waals surface area contributed by atoms with Gasteiger partial charge in [0.05, 0.1) is 12.3 Å². The van der Waals surface area contributed by atoms with E-state index in [1.807, 2.05) is 39.2 Å². The van der Waals surface area contributed by atoms with Crippen LogP contribution in [0, 0.1) is 6.92 Å². The van der Waals surface area contributed by atoms with E-state index in [0.29, 0.717) is 13.2 Å². The number of aryl methyl sites for hydroxylation is 2. The first kappa shape index (κ1) is 12.6. The minimum Gasteiger partial charge on any atom is -0.494 e. The highest BCUT2D eigenvalue weighted by atomic mass is 16.5. The Morgan fingerprint density at radius 1 is 1.39 bits per heavy atom. The van der Waals surface area contributed by atoms with Gasteiger partial charge >= 0.3 is 0 Å². The molecule has 0 saturated heterocycles. The maximum atomic E-state index is 5.74. The number of rotatable bonds is 4. The first-order valence-corrected chi connectivity index (χ1v) is 6.12. The van der Waals surface area contributed by atoms with E-state index in [4.69, 9.17) is 10.5 Å². The predicted molar refractivity (Wildman–Crippen MR) is 72.4 cm³/mol. The molecule has 1 aromatic heterocycles. The van der Waals surface area contributed by atoms with Crippen LogP contribution >= 0.6 is 0 Å². The quantitative estimate of drug-likeness (QED) is 0.898. The first-order chi connectivity index (χ1) is 8.65. The standard InChI is InChI=1S/C14H19N3O/c1-4-18-13-6-5-11(7-10(13)2)14-12(8-15)9-17(3)16-14/h5-7,9H,4,8,15H2,1-3H3. The number of aromatic nitrogens is 2. The van der Waals surface area contributed by atoms with E-state index < -0.39 is 0 Å². The fourth-order valence-corrected chi connectivity index (χ4v) is 2.04. The molecule has 2 N–H and O–H groups in total. The summed E-state index contributed by atoms with van der Waals surface area (Å²) in [6.45, 7) is 5.20. The van der Waals surface area contributed by atoms with E-state index in [1.54, 1.807) is 4.68 Å². The van der Waals surface area contributed by atoms with Crippen molar-refractivity contribution in [2.45, 2.75) is 20.4 Å². The minimum absolute atomic E-state index is 0.495. The zero-order valence-corrected chi connectivity index (χ0v) is 11.1. The molecule has 4 heteroatoms. The molecule has 2 aromatic rings. The fourth-order valence-electron chi connectivity index (χ4n) is 2.04. The third kappa shape index (κ3) is 2.38. The third-order valence-corrected chi connectivity index (χ3v) is 2.87. The summed E-state index contributed by atoms with van der Waals surface area (Å²) in [6, 6.07) is 6.11. The summed E-state index contributed by atoms with van der Waals surface area (Å²) < 4.78 is 7.33. The third-order valence-electron chi connectivity index (χ3n) is 2.87. The second kappa shape index (κ2) is 5.23. The summed E-state index contributed by atoms with van der Waals surface area (Å²) in [5.41, 5.74) is 9.94. The van der Waals surface area contributed by atoms with Crippen LogP contribution in [-0.4, -0.2) is 16.4 Å². The lowest BCUT2D eigenvalue weighted by molar-refractivity contribution is 0.338. The second-order valence-corrected chi connectivity index (χ2v) is 4.29. The average Bonchev–Trinajstić information content (AvgIpc) is 2.73. The molecule has 18 heavy (non-hydrogen) atoms. The topological polar surface area (TPSA) is 53.1 Å². The van der Waals surface area contributed by atoms with Gasteiger partial charge in [-0.2, -0.15) is 5.10 Å². The molecular weight excluding hydrogens is 226 g/mol. The molecule has 0 aliphatic rings. The zero-order valence-electron chi connectivity index (χ0n) is 11.1. The molecule has 0 amide bonds. The molecule has 0 atom stereocenters. The molecule has 0 spiro atoms. The molecule has 1 heterocycles. The van der Waals surface area contributed by atoms with E-state index >= 15 is 0 Å². The minimum atomic E-state index is 0.495.